The Hall–Kier alpha value is -0.380. The van der Waals surface area contributed by atoms with Crippen LogP contribution in [-0.4, -0.2) is 39.1 Å². The Balaban J connectivity index is 2.04. The highest BCUT2D eigenvalue weighted by Gasteiger charge is 2.29. The van der Waals surface area contributed by atoms with Crippen molar-refractivity contribution in [2.45, 2.75) is 59.5 Å². The molecule has 3 atom stereocenters. The van der Waals surface area contributed by atoms with Gasteiger partial charge in [0.05, 0.1) is 19.3 Å². The Labute approximate surface area is 137 Å². The van der Waals surface area contributed by atoms with Gasteiger partial charge >= 0.3 is 0 Å². The minimum atomic E-state index is 0.357. The van der Waals surface area contributed by atoms with Gasteiger partial charge < -0.3 is 14.2 Å². The van der Waals surface area contributed by atoms with Gasteiger partial charge in [-0.25, -0.2) is 0 Å². The van der Waals surface area contributed by atoms with E-state index in [9.17, 15) is 0 Å². The van der Waals surface area contributed by atoms with Crippen molar-refractivity contribution in [2.75, 3.05) is 33.0 Å². The van der Waals surface area contributed by atoms with E-state index in [-0.39, 0.29) is 0 Å². The first-order valence-electron chi connectivity index (χ1n) is 8.93. The summed E-state index contributed by atoms with van der Waals surface area (Å²) in [5.74, 6) is 1.91. The van der Waals surface area contributed by atoms with Gasteiger partial charge in [-0.2, -0.15) is 0 Å². The molecule has 22 heavy (non-hydrogen) atoms. The molecule has 1 aliphatic rings. The van der Waals surface area contributed by atoms with Crippen LogP contribution in [0.1, 0.15) is 53.4 Å². The second-order valence-electron chi connectivity index (χ2n) is 7.22. The first-order valence-corrected chi connectivity index (χ1v) is 8.93. The maximum atomic E-state index is 6.11. The number of ether oxygens (including phenoxy) is 3. The predicted octanol–water partition coefficient (Wildman–Crippen LogP) is 4.46. The molecule has 0 aromatic heterocycles. The summed E-state index contributed by atoms with van der Waals surface area (Å²) in [6.07, 6.45) is 5.01. The van der Waals surface area contributed by atoms with E-state index in [1.54, 1.807) is 0 Å². The highest BCUT2D eigenvalue weighted by atomic mass is 16.5. The Morgan fingerprint density at radius 2 is 1.82 bits per heavy atom. The summed E-state index contributed by atoms with van der Waals surface area (Å²) in [5.41, 5.74) is 1.27. The van der Waals surface area contributed by atoms with Gasteiger partial charge in [-0.1, -0.05) is 32.9 Å². The lowest BCUT2D eigenvalue weighted by molar-refractivity contribution is -0.0246. The smallest absolute Gasteiger partial charge is 0.0700 e. The van der Waals surface area contributed by atoms with Crippen LogP contribution in [0, 0.1) is 17.8 Å². The maximum Gasteiger partial charge on any atom is 0.0700 e. The van der Waals surface area contributed by atoms with Gasteiger partial charge in [0, 0.05) is 25.7 Å². The molecular weight excluding hydrogens is 276 g/mol. The van der Waals surface area contributed by atoms with Crippen LogP contribution in [0.2, 0.25) is 0 Å². The predicted molar refractivity (Wildman–Crippen MR) is 92.2 cm³/mol. The summed E-state index contributed by atoms with van der Waals surface area (Å²) in [5, 5.41) is 0. The summed E-state index contributed by atoms with van der Waals surface area (Å²) in [4.78, 5) is 0. The topological polar surface area (TPSA) is 27.7 Å². The molecule has 0 aromatic carbocycles. The third-order valence-corrected chi connectivity index (χ3v) is 4.28. The summed E-state index contributed by atoms with van der Waals surface area (Å²) in [6, 6.07) is 0. The first-order chi connectivity index (χ1) is 10.5. The van der Waals surface area contributed by atoms with E-state index in [0.717, 1.165) is 32.2 Å². The Kier molecular flexibility index (Phi) is 10.0. The molecule has 0 N–H and O–H groups in total. The van der Waals surface area contributed by atoms with Crippen LogP contribution in [0.25, 0.3) is 0 Å². The fourth-order valence-electron chi connectivity index (χ4n) is 3.01. The van der Waals surface area contributed by atoms with Crippen molar-refractivity contribution >= 4 is 0 Å². The Morgan fingerprint density at radius 3 is 2.50 bits per heavy atom. The van der Waals surface area contributed by atoms with Crippen LogP contribution in [0.5, 0.6) is 0 Å². The molecule has 0 saturated heterocycles. The fraction of sp³-hybridized carbons (Fsp3) is 0.895. The Morgan fingerprint density at radius 1 is 1.09 bits per heavy atom. The van der Waals surface area contributed by atoms with E-state index >= 15 is 0 Å². The average molecular weight is 312 g/mol. The van der Waals surface area contributed by atoms with Crippen molar-refractivity contribution in [3.05, 3.63) is 12.2 Å². The largest absolute Gasteiger partial charge is 0.379 e. The molecule has 0 spiro atoms. The number of rotatable bonds is 11. The second kappa shape index (κ2) is 11.2. The highest BCUT2D eigenvalue weighted by Crippen LogP contribution is 2.34. The van der Waals surface area contributed by atoms with Crippen LogP contribution in [0.3, 0.4) is 0 Å². The van der Waals surface area contributed by atoms with Gasteiger partial charge in [0.2, 0.25) is 0 Å². The maximum absolute atomic E-state index is 6.11. The molecule has 1 saturated carbocycles. The Bertz CT molecular complexity index is 301. The molecule has 3 nitrogen and oxygen atoms in total. The van der Waals surface area contributed by atoms with Crippen molar-refractivity contribution in [2.24, 2.45) is 17.8 Å². The van der Waals surface area contributed by atoms with Crippen molar-refractivity contribution in [3.8, 4) is 0 Å². The lowest BCUT2D eigenvalue weighted by Crippen LogP contribution is -2.32. The zero-order valence-electron chi connectivity index (χ0n) is 15.1. The standard InChI is InChI=1S/C19H36O3/c1-15(2)14-21-12-11-20-9-6-10-22-19-13-17(5)7-8-18(19)16(3)4/h15,17-19H,3,6-14H2,1-2,4-5H3. The van der Waals surface area contributed by atoms with Gasteiger partial charge in [-0.3, -0.25) is 0 Å². The minimum Gasteiger partial charge on any atom is -0.379 e. The molecule has 1 aliphatic carbocycles. The molecule has 3 unspecified atom stereocenters. The van der Waals surface area contributed by atoms with Crippen molar-refractivity contribution in [3.63, 3.8) is 0 Å². The second-order valence-corrected chi connectivity index (χ2v) is 7.22. The SMILES string of the molecule is C=C(C)C1CCC(C)CC1OCCCOCCOCC(C)C. The normalized spacial score (nSPS) is 25.6. The van der Waals surface area contributed by atoms with E-state index in [0.29, 0.717) is 31.2 Å². The van der Waals surface area contributed by atoms with E-state index in [4.69, 9.17) is 14.2 Å². The van der Waals surface area contributed by atoms with Crippen molar-refractivity contribution in [1.82, 2.24) is 0 Å². The lowest BCUT2D eigenvalue weighted by atomic mass is 9.78. The van der Waals surface area contributed by atoms with Gasteiger partial charge in [0.15, 0.2) is 0 Å². The monoisotopic (exact) mass is 312 g/mol. The number of hydrogen-bond donors (Lipinski definition) is 0. The van der Waals surface area contributed by atoms with E-state index in [1.165, 1.54) is 24.8 Å². The zero-order chi connectivity index (χ0) is 16.4. The third-order valence-electron chi connectivity index (χ3n) is 4.28. The summed E-state index contributed by atoms with van der Waals surface area (Å²) in [6.45, 7) is 16.6. The molecule has 0 aliphatic heterocycles. The molecule has 0 amide bonds. The third kappa shape index (κ3) is 8.30. The van der Waals surface area contributed by atoms with E-state index in [2.05, 4.69) is 34.3 Å². The fourth-order valence-corrected chi connectivity index (χ4v) is 3.01. The summed E-state index contributed by atoms with van der Waals surface area (Å²) in [7, 11) is 0. The molecule has 130 valence electrons. The molecule has 3 heteroatoms. The first kappa shape index (κ1) is 19.7. The summed E-state index contributed by atoms with van der Waals surface area (Å²) >= 11 is 0. The van der Waals surface area contributed by atoms with Gasteiger partial charge in [0.25, 0.3) is 0 Å². The molecule has 1 rings (SSSR count). The van der Waals surface area contributed by atoms with Crippen LogP contribution >= 0.6 is 0 Å². The average Bonchev–Trinajstić information content (AvgIpc) is 2.45. The van der Waals surface area contributed by atoms with Crippen LogP contribution in [0.4, 0.5) is 0 Å². The minimum absolute atomic E-state index is 0.357. The van der Waals surface area contributed by atoms with Crippen LogP contribution in [0.15, 0.2) is 12.2 Å². The van der Waals surface area contributed by atoms with Gasteiger partial charge in [0.1, 0.15) is 0 Å². The van der Waals surface area contributed by atoms with E-state index in [1.807, 2.05) is 0 Å². The lowest BCUT2D eigenvalue weighted by Gasteiger charge is -2.35. The van der Waals surface area contributed by atoms with E-state index < -0.39 is 0 Å². The quantitative estimate of drug-likeness (QED) is 0.416. The zero-order valence-corrected chi connectivity index (χ0v) is 15.1. The highest BCUT2D eigenvalue weighted by molar-refractivity contribution is 5.02. The number of hydrogen-bond acceptors (Lipinski definition) is 3. The van der Waals surface area contributed by atoms with Crippen molar-refractivity contribution < 1.29 is 14.2 Å². The molecule has 0 radical (unpaired) electrons. The van der Waals surface area contributed by atoms with Crippen LogP contribution < -0.4 is 0 Å². The molecule has 1 fully saturated rings. The van der Waals surface area contributed by atoms with Gasteiger partial charge in [-0.05, 0) is 44.4 Å². The van der Waals surface area contributed by atoms with Gasteiger partial charge in [-0.15, -0.1) is 0 Å². The van der Waals surface area contributed by atoms with Crippen LogP contribution in [-0.2, 0) is 14.2 Å². The molecular formula is C19H36O3. The van der Waals surface area contributed by atoms with Crippen molar-refractivity contribution in [1.29, 1.82) is 0 Å². The molecule has 0 aromatic rings. The summed E-state index contributed by atoms with van der Waals surface area (Å²) < 4.78 is 17.2. The molecule has 0 heterocycles. The molecule has 0 bridgehead atoms.